The van der Waals surface area contributed by atoms with Crippen molar-refractivity contribution in [1.82, 2.24) is 5.32 Å². The quantitative estimate of drug-likeness (QED) is 0.0205. The van der Waals surface area contributed by atoms with Crippen molar-refractivity contribution < 1.29 is 64.6 Å². The summed E-state index contributed by atoms with van der Waals surface area (Å²) < 4.78 is 22.6. The van der Waals surface area contributed by atoms with Crippen LogP contribution in [-0.2, 0) is 23.7 Å². The van der Waals surface area contributed by atoms with Gasteiger partial charge in [-0.25, -0.2) is 0 Å². The smallest absolute Gasteiger partial charge is 0.220 e. The summed E-state index contributed by atoms with van der Waals surface area (Å²) in [5, 5.41) is 86.3. The lowest BCUT2D eigenvalue weighted by Gasteiger charge is -2.46. The van der Waals surface area contributed by atoms with Gasteiger partial charge in [0.25, 0.3) is 0 Å². The van der Waals surface area contributed by atoms with Gasteiger partial charge >= 0.3 is 0 Å². The molecule has 1 amide bonds. The molecular formula is C58H105NO13. The Hall–Kier alpha value is -2.05. The molecule has 0 spiro atoms. The molecule has 0 aliphatic carbocycles. The Morgan fingerprint density at radius 1 is 0.500 bits per heavy atom. The minimum atomic E-state index is -1.79. The number of rotatable bonds is 45. The maximum Gasteiger partial charge on any atom is 0.220 e. The van der Waals surface area contributed by atoms with Crippen LogP contribution >= 0.6 is 0 Å². The molecule has 72 heavy (non-hydrogen) atoms. The lowest BCUT2D eigenvalue weighted by Crippen LogP contribution is -2.65. The summed E-state index contributed by atoms with van der Waals surface area (Å²) in [5.41, 5.74) is 0. The molecule has 14 nitrogen and oxygen atoms in total. The second kappa shape index (κ2) is 44.1. The molecule has 0 saturated carbocycles. The Morgan fingerprint density at radius 2 is 0.917 bits per heavy atom. The second-order valence-corrected chi connectivity index (χ2v) is 20.4. The number of amides is 1. The molecule has 12 atom stereocenters. The van der Waals surface area contributed by atoms with E-state index in [1.54, 1.807) is 6.08 Å². The highest BCUT2D eigenvalue weighted by Crippen LogP contribution is 2.30. The number of carbonyl (C=O) groups is 1. The lowest BCUT2D eigenvalue weighted by atomic mass is 9.97. The average molecular weight is 1020 g/mol. The molecule has 0 bridgehead atoms. The average Bonchev–Trinajstić information content (AvgIpc) is 3.38. The van der Waals surface area contributed by atoms with Gasteiger partial charge in [-0.2, -0.15) is 0 Å². The molecular weight excluding hydrogens is 919 g/mol. The first kappa shape index (κ1) is 66.1. The van der Waals surface area contributed by atoms with Crippen LogP contribution in [0.15, 0.2) is 48.6 Å². The number of aliphatic hydroxyl groups excluding tert-OH is 8. The van der Waals surface area contributed by atoms with Gasteiger partial charge in [-0.05, 0) is 57.8 Å². The molecule has 2 rings (SSSR count). The summed E-state index contributed by atoms with van der Waals surface area (Å²) in [5.74, 6) is -0.246. The van der Waals surface area contributed by atoms with E-state index >= 15 is 0 Å². The predicted molar refractivity (Wildman–Crippen MR) is 286 cm³/mol. The fourth-order valence-electron chi connectivity index (χ4n) is 9.30. The minimum absolute atomic E-state index is 0.246. The summed E-state index contributed by atoms with van der Waals surface area (Å²) in [7, 11) is 0. The first-order valence-corrected chi connectivity index (χ1v) is 28.9. The largest absolute Gasteiger partial charge is 0.394 e. The Balaban J connectivity index is 1.54. The van der Waals surface area contributed by atoms with Crippen LogP contribution in [0.1, 0.15) is 219 Å². The third-order valence-electron chi connectivity index (χ3n) is 14.0. The van der Waals surface area contributed by atoms with Gasteiger partial charge in [0.15, 0.2) is 12.6 Å². The van der Waals surface area contributed by atoms with Crippen LogP contribution < -0.4 is 5.32 Å². The van der Waals surface area contributed by atoms with Crippen LogP contribution in [0.4, 0.5) is 0 Å². The van der Waals surface area contributed by atoms with Crippen molar-refractivity contribution in [3.05, 3.63) is 48.6 Å². The lowest BCUT2D eigenvalue weighted by molar-refractivity contribution is -0.359. The van der Waals surface area contributed by atoms with E-state index in [-0.39, 0.29) is 18.9 Å². The van der Waals surface area contributed by atoms with Gasteiger partial charge in [-0.1, -0.05) is 204 Å². The maximum atomic E-state index is 13.1. The summed E-state index contributed by atoms with van der Waals surface area (Å²) in [6, 6.07) is -0.910. The number of hydrogen-bond donors (Lipinski definition) is 9. The van der Waals surface area contributed by atoms with Crippen molar-refractivity contribution in [3.63, 3.8) is 0 Å². The second-order valence-electron chi connectivity index (χ2n) is 20.4. The predicted octanol–water partition coefficient (Wildman–Crippen LogP) is 9.22. The summed E-state index contributed by atoms with van der Waals surface area (Å²) in [6.07, 6.45) is 38.2. The highest BCUT2D eigenvalue weighted by molar-refractivity contribution is 5.76. The van der Waals surface area contributed by atoms with E-state index in [2.05, 4.69) is 55.6 Å². The molecule has 9 N–H and O–H groups in total. The summed E-state index contributed by atoms with van der Waals surface area (Å²) in [4.78, 5) is 13.1. The van der Waals surface area contributed by atoms with Crippen LogP contribution in [0.2, 0.25) is 0 Å². The first-order valence-electron chi connectivity index (χ1n) is 28.9. The van der Waals surface area contributed by atoms with Crippen molar-refractivity contribution in [2.45, 2.75) is 293 Å². The fourth-order valence-corrected chi connectivity index (χ4v) is 9.30. The number of ether oxygens (including phenoxy) is 4. The first-order chi connectivity index (χ1) is 35.1. The summed E-state index contributed by atoms with van der Waals surface area (Å²) >= 11 is 0. The van der Waals surface area contributed by atoms with Crippen LogP contribution in [-0.4, -0.2) is 140 Å². The molecule has 0 aromatic rings. The van der Waals surface area contributed by atoms with Crippen LogP contribution in [0, 0.1) is 0 Å². The topological polar surface area (TPSA) is 228 Å². The minimum Gasteiger partial charge on any atom is -0.394 e. The van der Waals surface area contributed by atoms with E-state index in [0.717, 1.165) is 57.8 Å². The van der Waals surface area contributed by atoms with Crippen LogP contribution in [0.5, 0.6) is 0 Å². The summed E-state index contributed by atoms with van der Waals surface area (Å²) in [6.45, 7) is 2.65. The molecule has 2 saturated heterocycles. The fraction of sp³-hybridized carbons (Fsp3) is 0.845. The van der Waals surface area contributed by atoms with Crippen molar-refractivity contribution in [2.24, 2.45) is 0 Å². The van der Waals surface area contributed by atoms with Crippen molar-refractivity contribution >= 4 is 5.91 Å². The number of aliphatic hydroxyl groups is 8. The Kier molecular flexibility index (Phi) is 40.5. The molecule has 2 aliphatic heterocycles. The molecule has 2 heterocycles. The molecule has 0 aromatic heterocycles. The van der Waals surface area contributed by atoms with Crippen LogP contribution in [0.25, 0.3) is 0 Å². The zero-order valence-electron chi connectivity index (χ0n) is 44.9. The van der Waals surface area contributed by atoms with E-state index in [1.807, 2.05) is 6.08 Å². The molecule has 2 fully saturated rings. The highest BCUT2D eigenvalue weighted by Gasteiger charge is 2.51. The van der Waals surface area contributed by atoms with Gasteiger partial charge in [-0.15, -0.1) is 0 Å². The molecule has 14 heteroatoms. The number of carbonyl (C=O) groups excluding carboxylic acids is 1. The third kappa shape index (κ3) is 29.9. The zero-order chi connectivity index (χ0) is 52.4. The van der Waals surface area contributed by atoms with E-state index in [4.69, 9.17) is 18.9 Å². The van der Waals surface area contributed by atoms with Gasteiger partial charge in [0.1, 0.15) is 48.8 Å². The number of hydrogen-bond acceptors (Lipinski definition) is 13. The van der Waals surface area contributed by atoms with E-state index in [9.17, 15) is 45.6 Å². The van der Waals surface area contributed by atoms with E-state index in [1.165, 1.54) is 135 Å². The van der Waals surface area contributed by atoms with Crippen molar-refractivity contribution in [3.8, 4) is 0 Å². The van der Waals surface area contributed by atoms with Gasteiger partial charge in [0, 0.05) is 6.42 Å². The normalized spacial score (nSPS) is 25.9. The maximum absolute atomic E-state index is 13.1. The number of unbranched alkanes of at least 4 members (excludes halogenated alkanes) is 26. The number of nitrogens with one attached hydrogen (secondary N) is 1. The third-order valence-corrected chi connectivity index (χ3v) is 14.0. The van der Waals surface area contributed by atoms with Gasteiger partial charge in [-0.3, -0.25) is 4.79 Å². The monoisotopic (exact) mass is 1020 g/mol. The Labute approximate surface area is 435 Å². The van der Waals surface area contributed by atoms with Gasteiger partial charge in [0.05, 0.1) is 32.0 Å². The molecule has 0 aromatic carbocycles. The molecule has 0 radical (unpaired) electrons. The molecule has 2 aliphatic rings. The van der Waals surface area contributed by atoms with Crippen LogP contribution in [0.3, 0.4) is 0 Å². The van der Waals surface area contributed by atoms with Crippen molar-refractivity contribution in [1.29, 1.82) is 0 Å². The van der Waals surface area contributed by atoms with E-state index < -0.39 is 86.8 Å². The standard InChI is InChI=1S/C58H105NO13/c1-3-5-7-9-10-11-12-13-14-15-16-17-18-19-20-21-22-23-24-25-26-27-28-29-30-31-32-33-34-35-36-38-40-42-50(63)59-46(47(62)41-39-37-8-6-4-2)45-69-57-55(68)53(66)56(49(44-61)71-57)72-58-54(67)52(65)51(64)48(43-60)70-58/h12-13,15-16,18-19,39,41,46-49,51-58,60-62,64-68H,3-11,14,17,20-38,40,42-45H2,1-2H3,(H,59,63)/b13-12-,16-15-,19-18-,41-39+. The molecule has 12 unspecified atom stereocenters. The number of allylic oxidation sites excluding steroid dienone is 7. The van der Waals surface area contributed by atoms with E-state index in [0.29, 0.717) is 6.42 Å². The zero-order valence-corrected chi connectivity index (χ0v) is 44.9. The highest BCUT2D eigenvalue weighted by atomic mass is 16.7. The van der Waals surface area contributed by atoms with Gasteiger partial charge < -0.3 is 65.1 Å². The SMILES string of the molecule is CCCCC/C=C/C(O)C(COC1OC(CO)C(OC2OC(CO)C(O)C(O)C2O)C(O)C1O)NC(=O)CCCCCCCCCCCCCCCCCCCC/C=C\C/C=C\C/C=C\CCCCCCC. The Bertz CT molecular complexity index is 1390. The molecule has 420 valence electrons. The van der Waals surface area contributed by atoms with Crippen molar-refractivity contribution in [2.75, 3.05) is 19.8 Å². The Morgan fingerprint density at radius 3 is 1.43 bits per heavy atom. The van der Waals surface area contributed by atoms with Gasteiger partial charge in [0.2, 0.25) is 5.91 Å².